The molecule has 2 atom stereocenters. The Labute approximate surface area is 139 Å². The van der Waals surface area contributed by atoms with Crippen molar-refractivity contribution in [2.75, 3.05) is 13.2 Å². The molecule has 1 aliphatic heterocycles. The third-order valence-electron chi connectivity index (χ3n) is 4.65. The van der Waals surface area contributed by atoms with Crippen LogP contribution >= 0.6 is 0 Å². The minimum absolute atomic E-state index is 0.149. The van der Waals surface area contributed by atoms with Gasteiger partial charge >= 0.3 is 5.97 Å². The Morgan fingerprint density at radius 1 is 1.22 bits per heavy atom. The Hall–Kier alpha value is -1.39. The lowest BCUT2D eigenvalue weighted by Crippen LogP contribution is -2.40. The monoisotopic (exact) mass is 319 g/mol. The van der Waals surface area contributed by atoms with Crippen LogP contribution in [0.25, 0.3) is 0 Å². The fraction of sp³-hybridized carbons (Fsp3) is 0.632. The number of carbonyl (C=O) groups excluding carboxylic acids is 1. The molecule has 1 saturated heterocycles. The van der Waals surface area contributed by atoms with E-state index >= 15 is 0 Å². The molecule has 0 aromatic heterocycles. The van der Waals surface area contributed by atoms with E-state index in [1.54, 1.807) is 0 Å². The third-order valence-corrected chi connectivity index (χ3v) is 4.65. The number of ether oxygens (including phenoxy) is 1. The fourth-order valence-electron chi connectivity index (χ4n) is 3.18. The maximum atomic E-state index is 11.1. The molecule has 0 amide bonds. The number of rotatable bonds is 5. The molecular weight excluding hydrogens is 290 g/mol. The standard InChI is InChI=1S/C19H29NO3/c1-14(22)23-13-18-10-9-17(12-21)20(18)11-15-5-7-16(8-6-15)19(2,3)4/h5-8,17-18,21H,9-13H2,1-4H3/t17-,18-/m0/s1. The van der Waals surface area contributed by atoms with Crippen LogP contribution in [0.4, 0.5) is 0 Å². The Morgan fingerprint density at radius 3 is 2.35 bits per heavy atom. The summed E-state index contributed by atoms with van der Waals surface area (Å²) in [6.07, 6.45) is 1.90. The molecule has 4 nitrogen and oxygen atoms in total. The SMILES string of the molecule is CC(=O)OC[C@@H]1CC[C@@H](CO)N1Cc1ccc(C(C)(C)C)cc1. The molecule has 1 aliphatic rings. The van der Waals surface area contributed by atoms with Crippen LogP contribution in [0, 0.1) is 0 Å². The van der Waals surface area contributed by atoms with E-state index in [0.717, 1.165) is 19.4 Å². The van der Waals surface area contributed by atoms with Gasteiger partial charge in [0.1, 0.15) is 6.61 Å². The van der Waals surface area contributed by atoms with Crippen molar-refractivity contribution in [2.24, 2.45) is 0 Å². The predicted molar refractivity (Wildman–Crippen MR) is 91.2 cm³/mol. The van der Waals surface area contributed by atoms with E-state index in [0.29, 0.717) is 6.61 Å². The number of esters is 1. The largest absolute Gasteiger partial charge is 0.464 e. The lowest BCUT2D eigenvalue weighted by molar-refractivity contribution is -0.142. The van der Waals surface area contributed by atoms with Crippen LogP contribution < -0.4 is 0 Å². The van der Waals surface area contributed by atoms with E-state index in [1.807, 2.05) is 0 Å². The summed E-state index contributed by atoms with van der Waals surface area (Å²) in [5.74, 6) is -0.244. The van der Waals surface area contributed by atoms with Gasteiger partial charge < -0.3 is 9.84 Å². The molecule has 1 aromatic rings. The van der Waals surface area contributed by atoms with Gasteiger partial charge in [0.2, 0.25) is 0 Å². The Kier molecular flexibility index (Phi) is 5.82. The van der Waals surface area contributed by atoms with E-state index in [2.05, 4.69) is 49.9 Å². The molecule has 0 spiro atoms. The van der Waals surface area contributed by atoms with Crippen molar-refractivity contribution < 1.29 is 14.6 Å². The molecule has 2 rings (SSSR count). The Balaban J connectivity index is 2.06. The smallest absolute Gasteiger partial charge is 0.302 e. The predicted octanol–water partition coefficient (Wildman–Crippen LogP) is 2.87. The zero-order valence-electron chi connectivity index (χ0n) is 14.7. The van der Waals surface area contributed by atoms with Gasteiger partial charge in [0.25, 0.3) is 0 Å². The summed E-state index contributed by atoms with van der Waals surface area (Å²) in [7, 11) is 0. The van der Waals surface area contributed by atoms with Crippen molar-refractivity contribution in [3.05, 3.63) is 35.4 Å². The van der Waals surface area contributed by atoms with Crippen LogP contribution in [-0.2, 0) is 21.5 Å². The number of nitrogens with zero attached hydrogens (tertiary/aromatic N) is 1. The van der Waals surface area contributed by atoms with Crippen molar-refractivity contribution in [2.45, 2.75) is 64.6 Å². The second-order valence-electron chi connectivity index (χ2n) is 7.49. The molecule has 0 unspecified atom stereocenters. The van der Waals surface area contributed by atoms with E-state index in [4.69, 9.17) is 4.74 Å². The molecule has 0 saturated carbocycles. The van der Waals surface area contributed by atoms with Crippen LogP contribution in [0.2, 0.25) is 0 Å². The quantitative estimate of drug-likeness (QED) is 0.848. The second kappa shape index (κ2) is 7.45. The van der Waals surface area contributed by atoms with Crippen LogP contribution in [-0.4, -0.2) is 41.3 Å². The molecule has 1 aromatic carbocycles. The highest BCUT2D eigenvalue weighted by Gasteiger charge is 2.33. The number of likely N-dealkylation sites (tertiary alicyclic amines) is 1. The summed E-state index contributed by atoms with van der Waals surface area (Å²) in [5.41, 5.74) is 2.70. The first-order chi connectivity index (χ1) is 10.8. The minimum Gasteiger partial charge on any atom is -0.464 e. The maximum Gasteiger partial charge on any atom is 0.302 e. The molecule has 23 heavy (non-hydrogen) atoms. The molecule has 1 fully saturated rings. The Bertz CT molecular complexity index is 518. The van der Waals surface area contributed by atoms with Gasteiger partial charge in [0.05, 0.1) is 6.61 Å². The first-order valence-electron chi connectivity index (χ1n) is 8.40. The number of hydrogen-bond donors (Lipinski definition) is 1. The van der Waals surface area contributed by atoms with Crippen LogP contribution in [0.5, 0.6) is 0 Å². The number of aliphatic hydroxyl groups excluding tert-OH is 1. The summed E-state index contributed by atoms with van der Waals surface area (Å²) < 4.78 is 5.19. The number of aliphatic hydroxyl groups is 1. The molecule has 0 aliphatic carbocycles. The summed E-state index contributed by atoms with van der Waals surface area (Å²) >= 11 is 0. The van der Waals surface area contributed by atoms with Gasteiger partial charge in [-0.1, -0.05) is 45.0 Å². The molecule has 0 radical (unpaired) electrons. The van der Waals surface area contributed by atoms with Gasteiger partial charge in [-0.15, -0.1) is 0 Å². The van der Waals surface area contributed by atoms with Crippen molar-refractivity contribution in [3.63, 3.8) is 0 Å². The van der Waals surface area contributed by atoms with E-state index in [1.165, 1.54) is 18.1 Å². The molecule has 128 valence electrons. The lowest BCUT2D eigenvalue weighted by atomic mass is 9.87. The highest BCUT2D eigenvalue weighted by molar-refractivity contribution is 5.65. The number of hydrogen-bond acceptors (Lipinski definition) is 4. The average molecular weight is 319 g/mol. The number of benzene rings is 1. The van der Waals surface area contributed by atoms with Gasteiger partial charge in [-0.2, -0.15) is 0 Å². The highest BCUT2D eigenvalue weighted by Crippen LogP contribution is 2.28. The van der Waals surface area contributed by atoms with E-state index in [-0.39, 0.29) is 30.1 Å². The molecule has 1 N–H and O–H groups in total. The number of carbonyl (C=O) groups is 1. The van der Waals surface area contributed by atoms with Crippen LogP contribution in [0.3, 0.4) is 0 Å². The summed E-state index contributed by atoms with van der Waals surface area (Å²) in [6, 6.07) is 9.03. The average Bonchev–Trinajstić information content (AvgIpc) is 2.86. The lowest BCUT2D eigenvalue weighted by Gasteiger charge is -2.29. The highest BCUT2D eigenvalue weighted by atomic mass is 16.5. The van der Waals surface area contributed by atoms with Gasteiger partial charge in [-0.25, -0.2) is 0 Å². The summed E-state index contributed by atoms with van der Waals surface area (Å²) in [5, 5.41) is 9.61. The zero-order valence-corrected chi connectivity index (χ0v) is 14.7. The Morgan fingerprint density at radius 2 is 1.83 bits per heavy atom. The van der Waals surface area contributed by atoms with Crippen molar-refractivity contribution >= 4 is 5.97 Å². The van der Waals surface area contributed by atoms with E-state index in [9.17, 15) is 9.90 Å². The topological polar surface area (TPSA) is 49.8 Å². The molecule has 0 bridgehead atoms. The maximum absolute atomic E-state index is 11.1. The van der Waals surface area contributed by atoms with Gasteiger partial charge in [0, 0.05) is 25.6 Å². The second-order valence-corrected chi connectivity index (χ2v) is 7.49. The van der Waals surface area contributed by atoms with Crippen molar-refractivity contribution in [1.82, 2.24) is 4.90 Å². The van der Waals surface area contributed by atoms with Gasteiger partial charge in [-0.05, 0) is 29.4 Å². The van der Waals surface area contributed by atoms with Crippen LogP contribution in [0.1, 0.15) is 51.7 Å². The molecular formula is C19H29NO3. The molecule has 4 heteroatoms. The summed E-state index contributed by atoms with van der Waals surface area (Å²) in [4.78, 5) is 13.3. The summed E-state index contributed by atoms with van der Waals surface area (Å²) in [6.45, 7) is 9.40. The fourth-order valence-corrected chi connectivity index (χ4v) is 3.18. The van der Waals surface area contributed by atoms with Crippen molar-refractivity contribution in [3.8, 4) is 0 Å². The first-order valence-corrected chi connectivity index (χ1v) is 8.40. The molecule has 1 heterocycles. The third kappa shape index (κ3) is 4.79. The normalized spacial score (nSPS) is 22.3. The minimum atomic E-state index is -0.244. The van der Waals surface area contributed by atoms with Crippen LogP contribution in [0.15, 0.2) is 24.3 Å². The van der Waals surface area contributed by atoms with Gasteiger partial charge in [-0.3, -0.25) is 9.69 Å². The first kappa shape index (κ1) is 18.0. The van der Waals surface area contributed by atoms with Gasteiger partial charge in [0.15, 0.2) is 0 Å². The zero-order chi connectivity index (χ0) is 17.0. The van der Waals surface area contributed by atoms with E-state index < -0.39 is 0 Å². The van der Waals surface area contributed by atoms with Crippen molar-refractivity contribution in [1.29, 1.82) is 0 Å².